The van der Waals surface area contributed by atoms with E-state index < -0.39 is 0 Å². The molecule has 7 nitrogen and oxygen atoms in total. The van der Waals surface area contributed by atoms with Crippen LogP contribution in [0.3, 0.4) is 0 Å². The van der Waals surface area contributed by atoms with Gasteiger partial charge in [-0.3, -0.25) is 4.79 Å². The summed E-state index contributed by atoms with van der Waals surface area (Å²) in [4.78, 5) is 12.1. The molecule has 142 valence electrons. The predicted octanol–water partition coefficient (Wildman–Crippen LogP) is 3.55. The van der Waals surface area contributed by atoms with Gasteiger partial charge >= 0.3 is 0 Å². The van der Waals surface area contributed by atoms with Crippen LogP contribution in [0.15, 0.2) is 60.9 Å². The molecule has 0 fully saturated rings. The number of hydrogen-bond acceptors (Lipinski definition) is 5. The molecule has 0 unspecified atom stereocenters. The van der Waals surface area contributed by atoms with Crippen LogP contribution in [0.1, 0.15) is 18.4 Å². The van der Waals surface area contributed by atoms with E-state index in [0.29, 0.717) is 42.2 Å². The average Bonchev–Trinajstić information content (AvgIpc) is 3.20. The zero-order valence-electron chi connectivity index (χ0n) is 15.5. The molecule has 0 aliphatic rings. The second-order valence-electron chi connectivity index (χ2n) is 5.99. The fourth-order valence-corrected chi connectivity index (χ4v) is 2.60. The van der Waals surface area contributed by atoms with Crippen LogP contribution in [-0.2, 0) is 4.79 Å². The number of aromatic nitrogens is 2. The molecule has 0 saturated heterocycles. The number of rotatable bonds is 8. The highest BCUT2D eigenvalue weighted by Gasteiger charge is 2.08. The summed E-state index contributed by atoms with van der Waals surface area (Å²) in [5, 5.41) is 16.0. The second kappa shape index (κ2) is 9.24. The maximum atomic E-state index is 12.1. The second-order valence-corrected chi connectivity index (χ2v) is 5.99. The van der Waals surface area contributed by atoms with Crippen LogP contribution in [0, 0.1) is 11.3 Å². The number of amides is 1. The van der Waals surface area contributed by atoms with Gasteiger partial charge in [0.15, 0.2) is 11.5 Å². The van der Waals surface area contributed by atoms with Gasteiger partial charge in [-0.25, -0.2) is 4.68 Å². The molecule has 1 amide bonds. The highest BCUT2D eigenvalue weighted by molar-refractivity contribution is 5.90. The van der Waals surface area contributed by atoms with Crippen molar-refractivity contribution < 1.29 is 14.3 Å². The Morgan fingerprint density at radius 2 is 2.04 bits per heavy atom. The first-order valence-corrected chi connectivity index (χ1v) is 8.80. The summed E-state index contributed by atoms with van der Waals surface area (Å²) in [5.41, 5.74) is 2.07. The molecule has 1 heterocycles. The number of benzene rings is 2. The lowest BCUT2D eigenvalue weighted by atomic mass is 10.2. The number of methoxy groups -OCH3 is 1. The number of para-hydroxylation sites is 1. The van der Waals surface area contributed by atoms with Crippen LogP contribution in [0.5, 0.6) is 11.5 Å². The van der Waals surface area contributed by atoms with Gasteiger partial charge in [0.25, 0.3) is 0 Å². The van der Waals surface area contributed by atoms with Crippen LogP contribution in [0.4, 0.5) is 5.69 Å². The smallest absolute Gasteiger partial charge is 0.224 e. The number of carbonyl (C=O) groups is 1. The van der Waals surface area contributed by atoms with E-state index in [9.17, 15) is 4.79 Å². The molecular formula is C21H20N4O3. The number of nitrogens with one attached hydrogen (secondary N) is 1. The van der Waals surface area contributed by atoms with Crippen molar-refractivity contribution in [1.82, 2.24) is 9.78 Å². The average molecular weight is 376 g/mol. The van der Waals surface area contributed by atoms with Crippen LogP contribution in [-0.4, -0.2) is 29.4 Å². The number of hydrogen-bond donors (Lipinski definition) is 1. The first-order valence-electron chi connectivity index (χ1n) is 8.80. The SMILES string of the molecule is COc1cc(C#N)ccc1OCCCC(=O)Nc1cnn(-c2ccccc2)c1. The minimum atomic E-state index is -0.108. The zero-order valence-corrected chi connectivity index (χ0v) is 15.5. The molecule has 7 heteroatoms. The number of anilines is 1. The van der Waals surface area contributed by atoms with E-state index in [1.165, 1.54) is 7.11 Å². The molecule has 0 aliphatic carbocycles. The molecule has 0 bridgehead atoms. The van der Waals surface area contributed by atoms with E-state index in [4.69, 9.17) is 14.7 Å². The normalized spacial score (nSPS) is 10.1. The molecule has 1 N–H and O–H groups in total. The van der Waals surface area contributed by atoms with Crippen molar-refractivity contribution in [1.29, 1.82) is 5.26 Å². The Bertz CT molecular complexity index is 977. The molecule has 3 aromatic rings. The van der Waals surface area contributed by atoms with Gasteiger partial charge in [0.2, 0.25) is 5.91 Å². The summed E-state index contributed by atoms with van der Waals surface area (Å²) in [6, 6.07) is 16.7. The standard InChI is InChI=1S/C21H20N4O3/c1-27-20-12-16(13-22)9-10-19(20)28-11-5-8-21(26)24-17-14-23-25(15-17)18-6-3-2-4-7-18/h2-4,6-7,9-10,12,14-15H,5,8,11H2,1H3,(H,24,26). The third kappa shape index (κ3) is 4.89. The van der Waals surface area contributed by atoms with Gasteiger partial charge < -0.3 is 14.8 Å². The van der Waals surface area contributed by atoms with Crippen molar-refractivity contribution in [3.8, 4) is 23.3 Å². The Morgan fingerprint density at radius 3 is 2.79 bits per heavy atom. The van der Waals surface area contributed by atoms with E-state index in [-0.39, 0.29) is 5.91 Å². The molecule has 28 heavy (non-hydrogen) atoms. The summed E-state index contributed by atoms with van der Waals surface area (Å²) < 4.78 is 12.6. The fraction of sp³-hybridized carbons (Fsp3) is 0.190. The summed E-state index contributed by atoms with van der Waals surface area (Å²) >= 11 is 0. The molecule has 2 aromatic carbocycles. The van der Waals surface area contributed by atoms with Crippen molar-refractivity contribution in [3.05, 3.63) is 66.5 Å². The third-order valence-corrected chi connectivity index (χ3v) is 3.99. The minimum Gasteiger partial charge on any atom is -0.493 e. The van der Waals surface area contributed by atoms with E-state index >= 15 is 0 Å². The fourth-order valence-electron chi connectivity index (χ4n) is 2.60. The number of carbonyl (C=O) groups excluding carboxylic acids is 1. The molecule has 0 aliphatic heterocycles. The third-order valence-electron chi connectivity index (χ3n) is 3.99. The topological polar surface area (TPSA) is 89.2 Å². The van der Waals surface area contributed by atoms with Crippen molar-refractivity contribution >= 4 is 11.6 Å². The first kappa shape index (κ1) is 19.0. The number of nitriles is 1. The highest BCUT2D eigenvalue weighted by atomic mass is 16.5. The summed E-state index contributed by atoms with van der Waals surface area (Å²) in [6.07, 6.45) is 4.24. The van der Waals surface area contributed by atoms with Crippen LogP contribution >= 0.6 is 0 Å². The first-order chi connectivity index (χ1) is 13.7. The van der Waals surface area contributed by atoms with Crippen LogP contribution in [0.2, 0.25) is 0 Å². The van der Waals surface area contributed by atoms with Crippen molar-refractivity contribution in [2.45, 2.75) is 12.8 Å². The number of ether oxygens (including phenoxy) is 2. The molecule has 1 aromatic heterocycles. The molecule has 0 atom stereocenters. The summed E-state index contributed by atoms with van der Waals surface area (Å²) in [5.74, 6) is 0.936. The molecular weight excluding hydrogens is 356 g/mol. The number of nitrogens with zero attached hydrogens (tertiary/aromatic N) is 3. The summed E-state index contributed by atoms with van der Waals surface area (Å²) in [7, 11) is 1.52. The van der Waals surface area contributed by atoms with E-state index in [2.05, 4.69) is 16.5 Å². The van der Waals surface area contributed by atoms with Crippen molar-refractivity contribution in [2.24, 2.45) is 0 Å². The maximum absolute atomic E-state index is 12.1. The highest BCUT2D eigenvalue weighted by Crippen LogP contribution is 2.28. The lowest BCUT2D eigenvalue weighted by Crippen LogP contribution is -2.12. The van der Waals surface area contributed by atoms with Crippen LogP contribution < -0.4 is 14.8 Å². The van der Waals surface area contributed by atoms with Gasteiger partial charge in [-0.15, -0.1) is 0 Å². The minimum absolute atomic E-state index is 0.108. The molecule has 3 rings (SSSR count). The Hall–Kier alpha value is -3.79. The largest absolute Gasteiger partial charge is 0.493 e. The zero-order chi connectivity index (χ0) is 19.8. The Morgan fingerprint density at radius 1 is 1.21 bits per heavy atom. The van der Waals surface area contributed by atoms with Gasteiger partial charge in [0.1, 0.15) is 0 Å². The van der Waals surface area contributed by atoms with Gasteiger partial charge in [0.05, 0.1) is 49.1 Å². The lowest BCUT2D eigenvalue weighted by Gasteiger charge is -2.10. The Labute approximate surface area is 163 Å². The molecule has 0 spiro atoms. The van der Waals surface area contributed by atoms with E-state index in [1.54, 1.807) is 35.3 Å². The van der Waals surface area contributed by atoms with E-state index in [0.717, 1.165) is 5.69 Å². The lowest BCUT2D eigenvalue weighted by molar-refractivity contribution is -0.116. The summed E-state index contributed by atoms with van der Waals surface area (Å²) in [6.45, 7) is 0.360. The van der Waals surface area contributed by atoms with Crippen molar-refractivity contribution in [2.75, 3.05) is 19.0 Å². The van der Waals surface area contributed by atoms with Crippen LogP contribution in [0.25, 0.3) is 5.69 Å². The predicted molar refractivity (Wildman–Crippen MR) is 105 cm³/mol. The van der Waals surface area contributed by atoms with E-state index in [1.807, 2.05) is 30.3 Å². The van der Waals surface area contributed by atoms with Gasteiger partial charge in [-0.2, -0.15) is 10.4 Å². The van der Waals surface area contributed by atoms with Gasteiger partial charge in [0, 0.05) is 12.5 Å². The molecule has 0 saturated carbocycles. The van der Waals surface area contributed by atoms with Gasteiger partial charge in [-0.05, 0) is 30.7 Å². The monoisotopic (exact) mass is 376 g/mol. The maximum Gasteiger partial charge on any atom is 0.224 e. The molecule has 0 radical (unpaired) electrons. The Balaban J connectivity index is 1.45. The van der Waals surface area contributed by atoms with Gasteiger partial charge in [-0.1, -0.05) is 18.2 Å². The quantitative estimate of drug-likeness (QED) is 0.607. The van der Waals surface area contributed by atoms with Crippen molar-refractivity contribution in [3.63, 3.8) is 0 Å². The Kier molecular flexibility index (Phi) is 6.26.